The highest BCUT2D eigenvalue weighted by Gasteiger charge is 2.52. The largest absolute Gasteiger partial charge is 0.488 e. The van der Waals surface area contributed by atoms with Crippen LogP contribution in [-0.2, 0) is 12.8 Å². The Labute approximate surface area is 150 Å². The van der Waals surface area contributed by atoms with Gasteiger partial charge in [-0.3, -0.25) is 14.9 Å². The maximum atomic E-state index is 12.8. The predicted octanol–water partition coefficient (Wildman–Crippen LogP) is 2.07. The number of carbonyl (C=O) groups is 1. The molecule has 0 bridgehead atoms. The van der Waals surface area contributed by atoms with Crippen molar-refractivity contribution in [1.29, 1.82) is 0 Å². The number of pyridine rings is 1. The van der Waals surface area contributed by atoms with E-state index in [1.165, 1.54) is 0 Å². The molecule has 130 valence electrons. The number of amides is 1. The third kappa shape index (κ3) is 2.61. The van der Waals surface area contributed by atoms with Gasteiger partial charge in [0.15, 0.2) is 5.69 Å². The Balaban J connectivity index is 1.21. The van der Waals surface area contributed by atoms with Crippen LogP contribution in [0.25, 0.3) is 0 Å². The SMILES string of the molecule is O=C(c1n[nH]c2c1CCC2)N1CC2(C[C@H](Oc3cccnc3)CS2)C1. The zero-order valence-electron chi connectivity index (χ0n) is 13.9. The highest BCUT2D eigenvalue weighted by atomic mass is 32.2. The molecule has 2 saturated heterocycles. The monoisotopic (exact) mass is 356 g/mol. The zero-order chi connectivity index (χ0) is 16.9. The van der Waals surface area contributed by atoms with Gasteiger partial charge in [-0.2, -0.15) is 5.10 Å². The number of nitrogens with one attached hydrogen (secondary N) is 1. The number of hydrogen-bond donors (Lipinski definition) is 1. The number of aromatic nitrogens is 3. The molecule has 4 heterocycles. The van der Waals surface area contributed by atoms with Crippen molar-refractivity contribution in [2.75, 3.05) is 18.8 Å². The molecule has 0 radical (unpaired) electrons. The van der Waals surface area contributed by atoms with E-state index in [0.717, 1.165) is 61.5 Å². The number of likely N-dealkylation sites (tertiary alicyclic amines) is 1. The van der Waals surface area contributed by atoms with Crippen molar-refractivity contribution in [2.45, 2.75) is 36.5 Å². The molecule has 2 fully saturated rings. The Morgan fingerprint density at radius 2 is 2.32 bits per heavy atom. The average molecular weight is 356 g/mol. The van der Waals surface area contributed by atoms with Crippen LogP contribution in [0.3, 0.4) is 0 Å². The van der Waals surface area contributed by atoms with E-state index < -0.39 is 0 Å². The van der Waals surface area contributed by atoms with E-state index in [4.69, 9.17) is 4.74 Å². The van der Waals surface area contributed by atoms with Crippen LogP contribution in [0.1, 0.15) is 34.6 Å². The fraction of sp³-hybridized carbons (Fsp3) is 0.500. The van der Waals surface area contributed by atoms with E-state index in [-0.39, 0.29) is 16.8 Å². The van der Waals surface area contributed by atoms with Crippen LogP contribution in [0.2, 0.25) is 0 Å². The minimum absolute atomic E-state index is 0.0854. The number of aryl methyl sites for hydroxylation is 1. The first-order valence-electron chi connectivity index (χ1n) is 8.78. The number of fused-ring (bicyclic) bond motifs is 1. The Kier molecular flexibility index (Phi) is 3.51. The summed E-state index contributed by atoms with van der Waals surface area (Å²) in [5.74, 6) is 1.88. The topological polar surface area (TPSA) is 71.1 Å². The molecule has 1 amide bonds. The zero-order valence-corrected chi connectivity index (χ0v) is 14.7. The van der Waals surface area contributed by atoms with E-state index >= 15 is 0 Å². The molecule has 25 heavy (non-hydrogen) atoms. The molecule has 0 unspecified atom stereocenters. The number of H-pyrrole nitrogens is 1. The van der Waals surface area contributed by atoms with Gasteiger partial charge in [-0.25, -0.2) is 0 Å². The van der Waals surface area contributed by atoms with Gasteiger partial charge in [0.2, 0.25) is 0 Å². The molecule has 2 aromatic heterocycles. The van der Waals surface area contributed by atoms with E-state index in [1.807, 2.05) is 28.8 Å². The Morgan fingerprint density at radius 1 is 1.40 bits per heavy atom. The van der Waals surface area contributed by atoms with Crippen molar-refractivity contribution >= 4 is 17.7 Å². The third-order valence-corrected chi connectivity index (χ3v) is 6.94. The van der Waals surface area contributed by atoms with E-state index in [0.29, 0.717) is 5.69 Å². The van der Waals surface area contributed by atoms with Crippen LogP contribution in [0, 0.1) is 0 Å². The van der Waals surface area contributed by atoms with Gasteiger partial charge >= 0.3 is 0 Å². The summed E-state index contributed by atoms with van der Waals surface area (Å²) >= 11 is 1.94. The fourth-order valence-electron chi connectivity index (χ4n) is 4.15. The van der Waals surface area contributed by atoms with Gasteiger partial charge in [-0.15, -0.1) is 11.8 Å². The highest BCUT2D eigenvalue weighted by Crippen LogP contribution is 2.46. The summed E-state index contributed by atoms with van der Waals surface area (Å²) in [5, 5.41) is 7.31. The van der Waals surface area contributed by atoms with Gasteiger partial charge in [-0.05, 0) is 31.4 Å². The lowest BCUT2D eigenvalue weighted by Crippen LogP contribution is -2.61. The summed E-state index contributed by atoms with van der Waals surface area (Å²) in [6, 6.07) is 3.83. The number of nitrogens with zero attached hydrogens (tertiary/aromatic N) is 3. The summed E-state index contributed by atoms with van der Waals surface area (Å²) in [4.78, 5) is 18.8. The van der Waals surface area contributed by atoms with Crippen LogP contribution < -0.4 is 4.74 Å². The van der Waals surface area contributed by atoms with Gasteiger partial charge in [0.1, 0.15) is 11.9 Å². The second-order valence-corrected chi connectivity index (χ2v) is 8.66. The minimum Gasteiger partial charge on any atom is -0.488 e. The Morgan fingerprint density at radius 3 is 3.16 bits per heavy atom. The van der Waals surface area contributed by atoms with Crippen LogP contribution in [0.4, 0.5) is 0 Å². The molecule has 7 heteroatoms. The van der Waals surface area contributed by atoms with Crippen LogP contribution >= 0.6 is 11.8 Å². The maximum absolute atomic E-state index is 12.8. The fourth-order valence-corrected chi connectivity index (χ4v) is 5.67. The number of ether oxygens (including phenoxy) is 1. The molecule has 6 nitrogen and oxygen atoms in total. The van der Waals surface area contributed by atoms with Crippen molar-refractivity contribution < 1.29 is 9.53 Å². The van der Waals surface area contributed by atoms with Crippen molar-refractivity contribution in [3.8, 4) is 5.75 Å². The number of aromatic amines is 1. The standard InChI is InChI=1S/C18H20N4O2S/c23-17(16-14-4-1-5-15(14)20-21-16)22-10-18(11-22)7-13(9-25-18)24-12-3-2-6-19-8-12/h2-3,6,8,13H,1,4-5,7,9-11H2,(H,20,21)/t13-/m0/s1. The van der Waals surface area contributed by atoms with Crippen LogP contribution in [0.5, 0.6) is 5.75 Å². The number of thioether (sulfide) groups is 1. The quantitative estimate of drug-likeness (QED) is 0.912. The van der Waals surface area contributed by atoms with Crippen LogP contribution in [0.15, 0.2) is 24.5 Å². The average Bonchev–Trinajstić information content (AvgIpc) is 3.29. The van der Waals surface area contributed by atoms with Crippen LogP contribution in [-0.4, -0.2) is 55.7 Å². The van der Waals surface area contributed by atoms with Gasteiger partial charge in [0.05, 0.1) is 10.9 Å². The smallest absolute Gasteiger partial charge is 0.274 e. The van der Waals surface area contributed by atoms with Crippen molar-refractivity contribution in [3.05, 3.63) is 41.5 Å². The molecule has 0 saturated carbocycles. The predicted molar refractivity (Wildman–Crippen MR) is 95.0 cm³/mol. The molecular formula is C18H20N4O2S. The summed E-state index contributed by atoms with van der Waals surface area (Å²) < 4.78 is 6.19. The molecule has 1 N–H and O–H groups in total. The second kappa shape index (κ2) is 5.76. The first kappa shape index (κ1) is 15.3. The Hall–Kier alpha value is -2.02. The van der Waals surface area contributed by atoms with Gasteiger partial charge in [-0.1, -0.05) is 0 Å². The first-order chi connectivity index (χ1) is 12.2. The number of hydrogen-bond acceptors (Lipinski definition) is 5. The molecule has 2 aromatic rings. The van der Waals surface area contributed by atoms with Gasteiger partial charge in [0, 0.05) is 42.7 Å². The number of carbonyl (C=O) groups excluding carboxylic acids is 1. The maximum Gasteiger partial charge on any atom is 0.274 e. The highest BCUT2D eigenvalue weighted by molar-refractivity contribution is 8.01. The summed E-state index contributed by atoms with van der Waals surface area (Å²) in [7, 11) is 0. The molecule has 2 aliphatic heterocycles. The van der Waals surface area contributed by atoms with Crippen molar-refractivity contribution in [1.82, 2.24) is 20.1 Å². The van der Waals surface area contributed by atoms with Gasteiger partial charge in [0.25, 0.3) is 5.91 Å². The molecule has 3 aliphatic rings. The normalized spacial score (nSPS) is 23.5. The second-order valence-electron chi connectivity index (χ2n) is 7.17. The minimum atomic E-state index is 0.0854. The van der Waals surface area contributed by atoms with Crippen molar-refractivity contribution in [2.24, 2.45) is 0 Å². The third-order valence-electron chi connectivity index (χ3n) is 5.37. The lowest BCUT2D eigenvalue weighted by molar-refractivity contribution is 0.0511. The lowest BCUT2D eigenvalue weighted by atomic mass is 9.92. The van der Waals surface area contributed by atoms with E-state index in [9.17, 15) is 4.79 Å². The molecular weight excluding hydrogens is 336 g/mol. The number of rotatable bonds is 3. The first-order valence-corrected chi connectivity index (χ1v) is 9.77. The summed E-state index contributed by atoms with van der Waals surface area (Å²) in [6.45, 7) is 1.59. The Bertz CT molecular complexity index is 801. The van der Waals surface area contributed by atoms with Crippen molar-refractivity contribution in [3.63, 3.8) is 0 Å². The molecule has 1 atom stereocenters. The molecule has 0 aromatic carbocycles. The molecule has 1 aliphatic carbocycles. The summed E-state index contributed by atoms with van der Waals surface area (Å²) in [6.07, 6.45) is 7.79. The molecule has 1 spiro atoms. The summed E-state index contributed by atoms with van der Waals surface area (Å²) in [5.41, 5.74) is 2.94. The van der Waals surface area contributed by atoms with Gasteiger partial charge < -0.3 is 9.64 Å². The van der Waals surface area contributed by atoms with E-state index in [1.54, 1.807) is 12.4 Å². The lowest BCUT2D eigenvalue weighted by Gasteiger charge is -2.47. The molecule has 5 rings (SSSR count). The van der Waals surface area contributed by atoms with E-state index in [2.05, 4.69) is 15.2 Å².